The average Bonchev–Trinajstić information content (AvgIpc) is 3.04. The van der Waals surface area contributed by atoms with E-state index in [-0.39, 0.29) is 5.78 Å². The Bertz CT molecular complexity index is 443. The van der Waals surface area contributed by atoms with Gasteiger partial charge in [0.05, 0.1) is 13.2 Å². The van der Waals surface area contributed by atoms with Gasteiger partial charge in [0.1, 0.15) is 6.04 Å². The Kier molecular flexibility index (Phi) is 4.60. The highest BCUT2D eigenvalue weighted by Gasteiger charge is 2.36. The molecule has 5 nitrogen and oxygen atoms in total. The van der Waals surface area contributed by atoms with Crippen LogP contribution in [0.2, 0.25) is 0 Å². The van der Waals surface area contributed by atoms with Gasteiger partial charge in [-0.2, -0.15) is 0 Å². The van der Waals surface area contributed by atoms with Crippen LogP contribution in [-0.2, 0) is 9.53 Å². The molecule has 2 aliphatic carbocycles. The molecule has 2 rings (SSSR count). The van der Waals surface area contributed by atoms with Crippen molar-refractivity contribution in [2.24, 2.45) is 17.8 Å². The molecule has 1 fully saturated rings. The number of fused-ring (bicyclic) bond motifs is 2. The molecule has 2 bridgehead atoms. The van der Waals surface area contributed by atoms with Crippen molar-refractivity contribution in [2.45, 2.75) is 25.8 Å². The third-order valence-electron chi connectivity index (χ3n) is 4.06. The van der Waals surface area contributed by atoms with Crippen molar-refractivity contribution in [2.75, 3.05) is 13.2 Å². The normalized spacial score (nSPS) is 28.2. The van der Waals surface area contributed by atoms with Crippen molar-refractivity contribution < 1.29 is 19.4 Å². The van der Waals surface area contributed by atoms with Crippen LogP contribution in [0.25, 0.3) is 0 Å². The maximum atomic E-state index is 11.7. The summed E-state index contributed by atoms with van der Waals surface area (Å²) in [5.41, 5.74) is 0.294. The van der Waals surface area contributed by atoms with Gasteiger partial charge in [0.15, 0.2) is 5.78 Å². The van der Waals surface area contributed by atoms with E-state index >= 15 is 0 Å². The topological polar surface area (TPSA) is 75.6 Å². The lowest BCUT2D eigenvalue weighted by molar-refractivity contribution is -0.118. The Hall–Kier alpha value is -1.62. The smallest absolute Gasteiger partial charge is 0.407 e. The number of nitrogens with one attached hydrogen (secondary N) is 1. The molecule has 0 aromatic heterocycles. The van der Waals surface area contributed by atoms with Gasteiger partial charge in [-0.3, -0.25) is 4.79 Å². The predicted molar refractivity (Wildman–Crippen MR) is 74.0 cm³/mol. The van der Waals surface area contributed by atoms with Crippen molar-refractivity contribution in [3.8, 4) is 0 Å². The summed E-state index contributed by atoms with van der Waals surface area (Å²) in [5, 5.41) is 11.5. The van der Waals surface area contributed by atoms with Crippen LogP contribution in [0.1, 0.15) is 19.8 Å². The highest BCUT2D eigenvalue weighted by atomic mass is 16.5. The number of carbonyl (C=O) groups is 2. The molecule has 4 unspecified atom stereocenters. The first kappa shape index (κ1) is 14.8. The first-order chi connectivity index (χ1) is 9.51. The molecule has 2 aliphatic rings. The van der Waals surface area contributed by atoms with Crippen LogP contribution < -0.4 is 5.32 Å². The molecule has 1 amide bonds. The van der Waals surface area contributed by atoms with E-state index in [1.807, 2.05) is 0 Å². The number of Topliss-reactive ketones (excluding diaryl/α,β-unsaturated/α-hetero) is 1. The first-order valence-corrected chi connectivity index (χ1v) is 6.93. The number of aliphatic hydroxyl groups excluding tert-OH is 1. The fourth-order valence-corrected chi connectivity index (χ4v) is 2.94. The van der Waals surface area contributed by atoms with Crippen LogP contribution in [0.15, 0.2) is 24.3 Å². The molecule has 0 saturated heterocycles. The van der Waals surface area contributed by atoms with Crippen LogP contribution in [0.5, 0.6) is 0 Å². The van der Waals surface area contributed by atoms with Crippen molar-refractivity contribution in [3.63, 3.8) is 0 Å². The summed E-state index contributed by atoms with van der Waals surface area (Å²) in [4.78, 5) is 23.3. The molecule has 0 spiro atoms. The summed E-state index contributed by atoms with van der Waals surface area (Å²) in [7, 11) is 0. The second kappa shape index (κ2) is 6.22. The number of aliphatic hydroxyl groups is 1. The zero-order chi connectivity index (χ0) is 14.7. The number of allylic oxidation sites excluding steroid dienone is 2. The molecule has 4 atom stereocenters. The fraction of sp³-hybridized carbons (Fsp3) is 0.600. The van der Waals surface area contributed by atoms with Crippen molar-refractivity contribution in [1.82, 2.24) is 5.32 Å². The SMILES string of the molecule is C=C(C)C(=O)C(CO)NC(=O)OCC1CC2C=CC1C2. The number of rotatable bonds is 6. The number of ketones is 1. The summed E-state index contributed by atoms with van der Waals surface area (Å²) >= 11 is 0. The summed E-state index contributed by atoms with van der Waals surface area (Å²) < 4.78 is 5.16. The van der Waals surface area contributed by atoms with Crippen LogP contribution in [0, 0.1) is 17.8 Å². The minimum atomic E-state index is -0.972. The zero-order valence-electron chi connectivity index (χ0n) is 11.7. The Balaban J connectivity index is 1.76. The Morgan fingerprint density at radius 2 is 2.20 bits per heavy atom. The maximum absolute atomic E-state index is 11.7. The Morgan fingerprint density at radius 3 is 2.70 bits per heavy atom. The van der Waals surface area contributed by atoms with Crippen LogP contribution in [-0.4, -0.2) is 36.2 Å². The maximum Gasteiger partial charge on any atom is 0.407 e. The van der Waals surface area contributed by atoms with Gasteiger partial charge in [0, 0.05) is 5.92 Å². The monoisotopic (exact) mass is 279 g/mol. The second-order valence-electron chi connectivity index (χ2n) is 5.66. The number of carbonyl (C=O) groups excluding carboxylic acids is 2. The minimum absolute atomic E-state index is 0.294. The standard InChI is InChI=1S/C15H21NO4/c1-9(2)14(18)13(7-17)16-15(19)20-8-12-6-10-3-4-11(12)5-10/h3-4,10-13,17H,1,5-8H2,2H3,(H,16,19). The van der Waals surface area contributed by atoms with E-state index in [4.69, 9.17) is 9.84 Å². The molecular formula is C15H21NO4. The van der Waals surface area contributed by atoms with Gasteiger partial charge in [-0.25, -0.2) is 4.79 Å². The number of ether oxygens (including phenoxy) is 1. The average molecular weight is 279 g/mol. The molecular weight excluding hydrogens is 258 g/mol. The quantitative estimate of drug-likeness (QED) is 0.569. The highest BCUT2D eigenvalue weighted by Crippen LogP contribution is 2.43. The molecule has 0 aromatic rings. The number of hydrogen-bond acceptors (Lipinski definition) is 4. The van der Waals surface area contributed by atoms with E-state index in [9.17, 15) is 9.59 Å². The van der Waals surface area contributed by atoms with Crippen molar-refractivity contribution >= 4 is 11.9 Å². The molecule has 0 radical (unpaired) electrons. The van der Waals surface area contributed by atoms with Gasteiger partial charge in [0.2, 0.25) is 0 Å². The third kappa shape index (κ3) is 3.28. The van der Waals surface area contributed by atoms with E-state index in [0.717, 1.165) is 12.8 Å². The van der Waals surface area contributed by atoms with Gasteiger partial charge in [-0.15, -0.1) is 0 Å². The Morgan fingerprint density at radius 1 is 1.45 bits per heavy atom. The summed E-state index contributed by atoms with van der Waals surface area (Å²) in [6.07, 6.45) is 5.98. The molecule has 20 heavy (non-hydrogen) atoms. The van der Waals surface area contributed by atoms with E-state index in [1.165, 1.54) is 0 Å². The lowest BCUT2D eigenvalue weighted by atomic mass is 9.95. The van der Waals surface area contributed by atoms with Gasteiger partial charge in [-0.05, 0) is 37.2 Å². The number of amides is 1. The molecule has 2 N–H and O–H groups in total. The fourth-order valence-electron chi connectivity index (χ4n) is 2.94. The highest BCUT2D eigenvalue weighted by molar-refractivity contribution is 6.00. The van der Waals surface area contributed by atoms with E-state index < -0.39 is 18.7 Å². The molecule has 0 aliphatic heterocycles. The van der Waals surface area contributed by atoms with E-state index in [0.29, 0.717) is 29.9 Å². The van der Waals surface area contributed by atoms with Gasteiger partial charge < -0.3 is 15.2 Å². The zero-order valence-corrected chi connectivity index (χ0v) is 11.7. The van der Waals surface area contributed by atoms with Crippen LogP contribution in [0.3, 0.4) is 0 Å². The largest absolute Gasteiger partial charge is 0.449 e. The van der Waals surface area contributed by atoms with Crippen molar-refractivity contribution in [3.05, 3.63) is 24.3 Å². The van der Waals surface area contributed by atoms with Gasteiger partial charge in [0.25, 0.3) is 0 Å². The van der Waals surface area contributed by atoms with Gasteiger partial charge >= 0.3 is 6.09 Å². The lowest BCUT2D eigenvalue weighted by Gasteiger charge is -2.19. The number of hydrogen-bond donors (Lipinski definition) is 2. The van der Waals surface area contributed by atoms with Crippen molar-refractivity contribution in [1.29, 1.82) is 0 Å². The number of alkyl carbamates (subject to hydrolysis) is 1. The predicted octanol–water partition coefficient (Wildman–Crippen LogP) is 1.43. The molecule has 0 aromatic carbocycles. The lowest BCUT2D eigenvalue weighted by Crippen LogP contribution is -2.44. The van der Waals surface area contributed by atoms with Crippen LogP contribution in [0.4, 0.5) is 4.79 Å². The van der Waals surface area contributed by atoms with E-state index in [1.54, 1.807) is 6.92 Å². The third-order valence-corrected chi connectivity index (χ3v) is 4.06. The van der Waals surface area contributed by atoms with Crippen LogP contribution >= 0.6 is 0 Å². The summed E-state index contributed by atoms with van der Waals surface area (Å²) in [6, 6.07) is -0.972. The summed E-state index contributed by atoms with van der Waals surface area (Å²) in [5.74, 6) is 1.14. The van der Waals surface area contributed by atoms with Gasteiger partial charge in [-0.1, -0.05) is 18.7 Å². The molecule has 0 heterocycles. The van der Waals surface area contributed by atoms with E-state index in [2.05, 4.69) is 24.0 Å². The summed E-state index contributed by atoms with van der Waals surface area (Å²) in [6.45, 7) is 4.94. The second-order valence-corrected chi connectivity index (χ2v) is 5.66. The minimum Gasteiger partial charge on any atom is -0.449 e. The molecule has 5 heteroatoms. The Labute approximate surface area is 118 Å². The first-order valence-electron chi connectivity index (χ1n) is 6.93. The molecule has 110 valence electrons. The molecule has 1 saturated carbocycles.